The molecule has 2 aromatic rings. The van der Waals surface area contributed by atoms with Crippen LogP contribution in [0.5, 0.6) is 0 Å². The zero-order valence-corrected chi connectivity index (χ0v) is 14.4. The molecule has 0 radical (unpaired) electrons. The van der Waals surface area contributed by atoms with E-state index in [0.717, 1.165) is 10.7 Å². The minimum atomic E-state index is -0.266. The van der Waals surface area contributed by atoms with Crippen molar-refractivity contribution in [2.24, 2.45) is 0 Å². The van der Waals surface area contributed by atoms with Crippen LogP contribution in [0.25, 0.3) is 0 Å². The number of H-pyrrole nitrogens is 1. The summed E-state index contributed by atoms with van der Waals surface area (Å²) in [6.07, 6.45) is -0.102. The number of rotatable bonds is 5. The number of thiazole rings is 1. The molecule has 1 amide bonds. The van der Waals surface area contributed by atoms with E-state index < -0.39 is 0 Å². The van der Waals surface area contributed by atoms with Crippen molar-refractivity contribution in [3.63, 3.8) is 0 Å². The predicted molar refractivity (Wildman–Crippen MR) is 87.4 cm³/mol. The normalized spacial score (nSPS) is 13.1. The van der Waals surface area contributed by atoms with Crippen molar-refractivity contribution < 1.29 is 9.53 Å². The van der Waals surface area contributed by atoms with Crippen LogP contribution in [-0.2, 0) is 10.2 Å². The molecule has 2 heterocycles. The van der Waals surface area contributed by atoms with Crippen molar-refractivity contribution in [3.8, 4) is 0 Å². The minimum absolute atomic E-state index is 0.0449. The summed E-state index contributed by atoms with van der Waals surface area (Å²) in [7, 11) is 0. The van der Waals surface area contributed by atoms with E-state index in [4.69, 9.17) is 4.74 Å². The monoisotopic (exact) mass is 322 g/mol. The number of ether oxygens (including phenoxy) is 1. The van der Waals surface area contributed by atoms with E-state index in [0.29, 0.717) is 18.1 Å². The summed E-state index contributed by atoms with van der Waals surface area (Å²) in [6, 6.07) is 1.84. The highest BCUT2D eigenvalue weighted by atomic mass is 32.1. The summed E-state index contributed by atoms with van der Waals surface area (Å²) in [4.78, 5) is 16.5. The lowest BCUT2D eigenvalue weighted by molar-refractivity contribution is 0.0760. The van der Waals surface area contributed by atoms with E-state index in [2.05, 4.69) is 41.3 Å². The van der Waals surface area contributed by atoms with Gasteiger partial charge >= 0.3 is 0 Å². The molecule has 7 heteroatoms. The minimum Gasteiger partial charge on any atom is -0.372 e. The topological polar surface area (TPSA) is 79.9 Å². The Kier molecular flexibility index (Phi) is 4.97. The van der Waals surface area contributed by atoms with E-state index in [1.54, 1.807) is 5.38 Å². The third-order valence-electron chi connectivity index (χ3n) is 3.15. The molecule has 6 nitrogen and oxygen atoms in total. The second kappa shape index (κ2) is 6.58. The fraction of sp³-hybridized carbons (Fsp3) is 0.533. The number of anilines is 1. The number of amides is 1. The average Bonchev–Trinajstić information content (AvgIpc) is 3.06. The Labute approximate surface area is 134 Å². The highest BCUT2D eigenvalue weighted by Gasteiger charge is 2.19. The lowest BCUT2D eigenvalue weighted by Gasteiger charge is -2.14. The Morgan fingerprint density at radius 2 is 2.23 bits per heavy atom. The molecule has 2 N–H and O–H groups in total. The van der Waals surface area contributed by atoms with Crippen LogP contribution < -0.4 is 5.32 Å². The largest absolute Gasteiger partial charge is 0.372 e. The predicted octanol–water partition coefficient (Wildman–Crippen LogP) is 3.51. The molecule has 1 atom stereocenters. The van der Waals surface area contributed by atoms with Crippen LogP contribution in [0.3, 0.4) is 0 Å². The molecule has 0 bridgehead atoms. The second-order valence-electron chi connectivity index (χ2n) is 6.04. The summed E-state index contributed by atoms with van der Waals surface area (Å²) in [5.74, 6) is 0.237. The number of carbonyl (C=O) groups is 1. The Morgan fingerprint density at radius 3 is 2.82 bits per heavy atom. The lowest BCUT2D eigenvalue weighted by Crippen LogP contribution is -2.13. The molecule has 0 saturated carbocycles. The molecule has 22 heavy (non-hydrogen) atoms. The summed E-state index contributed by atoms with van der Waals surface area (Å²) in [6.45, 7) is 10.7. The second-order valence-corrected chi connectivity index (χ2v) is 6.93. The Morgan fingerprint density at radius 1 is 1.50 bits per heavy atom. The van der Waals surface area contributed by atoms with Crippen molar-refractivity contribution in [3.05, 3.63) is 27.8 Å². The third-order valence-corrected chi connectivity index (χ3v) is 4.15. The molecule has 0 unspecified atom stereocenters. The molecule has 120 valence electrons. The Bertz CT molecular complexity index is 642. The van der Waals surface area contributed by atoms with Gasteiger partial charge in [0.25, 0.3) is 5.91 Å². The molecule has 0 aromatic carbocycles. The van der Waals surface area contributed by atoms with Crippen LogP contribution in [0.4, 0.5) is 5.82 Å². The third kappa shape index (κ3) is 3.92. The van der Waals surface area contributed by atoms with Crippen LogP contribution in [-0.4, -0.2) is 27.7 Å². The summed E-state index contributed by atoms with van der Waals surface area (Å²) < 4.78 is 5.48. The summed E-state index contributed by atoms with van der Waals surface area (Å²) in [5.41, 5.74) is 1.30. The zero-order valence-electron chi connectivity index (χ0n) is 13.6. The molecule has 0 saturated heterocycles. The van der Waals surface area contributed by atoms with Gasteiger partial charge in [0, 0.05) is 29.2 Å². The Balaban J connectivity index is 2.05. The molecule has 0 spiro atoms. The standard InChI is InChI=1S/C15H22N4O2S/c1-6-21-9(2)14-16-10(8-22-14)13(20)17-12-7-11(18-19-12)15(3,4)5/h7-9H,6H2,1-5H3,(H2,17,18,19,20)/t9-/m1/s1. The van der Waals surface area contributed by atoms with Gasteiger partial charge in [0.05, 0.1) is 0 Å². The first kappa shape index (κ1) is 16.6. The first-order valence-electron chi connectivity index (χ1n) is 7.25. The van der Waals surface area contributed by atoms with Gasteiger partial charge in [-0.1, -0.05) is 20.8 Å². The fourth-order valence-corrected chi connectivity index (χ4v) is 2.65. The number of hydrogen-bond donors (Lipinski definition) is 2. The van der Waals surface area contributed by atoms with E-state index >= 15 is 0 Å². The van der Waals surface area contributed by atoms with Gasteiger partial charge in [0.1, 0.15) is 16.8 Å². The van der Waals surface area contributed by atoms with Gasteiger partial charge in [0.15, 0.2) is 5.82 Å². The maximum atomic E-state index is 12.2. The van der Waals surface area contributed by atoms with E-state index in [-0.39, 0.29) is 17.4 Å². The number of carbonyl (C=O) groups excluding carboxylic acids is 1. The molecular weight excluding hydrogens is 300 g/mol. The highest BCUT2D eigenvalue weighted by molar-refractivity contribution is 7.09. The van der Waals surface area contributed by atoms with Gasteiger partial charge in [-0.3, -0.25) is 9.89 Å². The maximum absolute atomic E-state index is 12.2. The van der Waals surface area contributed by atoms with Crippen molar-refractivity contribution in [1.29, 1.82) is 0 Å². The number of aromatic amines is 1. The van der Waals surface area contributed by atoms with Crippen molar-refractivity contribution in [2.45, 2.75) is 46.1 Å². The van der Waals surface area contributed by atoms with Crippen LogP contribution >= 0.6 is 11.3 Å². The molecule has 2 aromatic heterocycles. The first-order chi connectivity index (χ1) is 10.3. The summed E-state index contributed by atoms with van der Waals surface area (Å²) >= 11 is 1.42. The zero-order chi connectivity index (χ0) is 16.3. The molecule has 0 aliphatic rings. The molecule has 0 aliphatic carbocycles. The van der Waals surface area contributed by atoms with Crippen LogP contribution in [0.2, 0.25) is 0 Å². The number of hydrogen-bond acceptors (Lipinski definition) is 5. The molecular formula is C15H22N4O2S. The molecule has 0 aliphatic heterocycles. The maximum Gasteiger partial charge on any atom is 0.276 e. The van der Waals surface area contributed by atoms with E-state index in [1.807, 2.05) is 19.9 Å². The first-order valence-corrected chi connectivity index (χ1v) is 8.13. The molecule has 0 fully saturated rings. The van der Waals surface area contributed by atoms with Crippen LogP contribution in [0.1, 0.15) is 61.9 Å². The smallest absolute Gasteiger partial charge is 0.276 e. The van der Waals surface area contributed by atoms with Gasteiger partial charge < -0.3 is 10.1 Å². The van der Waals surface area contributed by atoms with E-state index in [1.165, 1.54) is 11.3 Å². The highest BCUT2D eigenvalue weighted by Crippen LogP contribution is 2.23. The van der Waals surface area contributed by atoms with Gasteiger partial charge in [-0.15, -0.1) is 11.3 Å². The summed E-state index contributed by atoms with van der Waals surface area (Å²) in [5, 5.41) is 12.3. The van der Waals surface area contributed by atoms with Gasteiger partial charge in [-0.2, -0.15) is 5.10 Å². The van der Waals surface area contributed by atoms with Crippen molar-refractivity contribution in [1.82, 2.24) is 15.2 Å². The SMILES string of the molecule is CCO[C@H](C)c1nc(C(=O)Nc2cc(C(C)(C)C)[nH]n2)cs1. The Hall–Kier alpha value is -1.73. The van der Waals surface area contributed by atoms with Gasteiger partial charge in [0.2, 0.25) is 0 Å². The molecule has 2 rings (SSSR count). The lowest BCUT2D eigenvalue weighted by atomic mass is 9.92. The van der Waals surface area contributed by atoms with Gasteiger partial charge in [-0.25, -0.2) is 4.98 Å². The van der Waals surface area contributed by atoms with Gasteiger partial charge in [-0.05, 0) is 13.8 Å². The van der Waals surface area contributed by atoms with Crippen molar-refractivity contribution >= 4 is 23.1 Å². The number of aromatic nitrogens is 3. The van der Waals surface area contributed by atoms with Crippen LogP contribution in [0.15, 0.2) is 11.4 Å². The fourth-order valence-electron chi connectivity index (χ4n) is 1.85. The van der Waals surface area contributed by atoms with E-state index in [9.17, 15) is 4.79 Å². The van der Waals surface area contributed by atoms with Crippen molar-refractivity contribution in [2.75, 3.05) is 11.9 Å². The average molecular weight is 322 g/mol. The van der Waals surface area contributed by atoms with Crippen LogP contribution in [0, 0.1) is 0 Å². The number of nitrogens with one attached hydrogen (secondary N) is 2. The number of nitrogens with zero attached hydrogens (tertiary/aromatic N) is 2. The quantitative estimate of drug-likeness (QED) is 0.882.